The number of aromatic nitrogens is 1. The fourth-order valence-corrected chi connectivity index (χ4v) is 8.93. The highest BCUT2D eigenvalue weighted by atomic mass is 16.7. The zero-order valence-electron chi connectivity index (χ0n) is 24.8. The van der Waals surface area contributed by atoms with Crippen LogP contribution in [0.2, 0.25) is 0 Å². The quantitative estimate of drug-likeness (QED) is 0.435. The molecule has 1 saturated heterocycles. The lowest BCUT2D eigenvalue weighted by Gasteiger charge is -2.52. The second-order valence-electron chi connectivity index (χ2n) is 13.8. The minimum Gasteiger partial charge on any atom is -0.451 e. The van der Waals surface area contributed by atoms with Crippen molar-refractivity contribution in [2.75, 3.05) is 6.61 Å². The summed E-state index contributed by atoms with van der Waals surface area (Å²) >= 11 is 0. The predicted molar refractivity (Wildman–Crippen MR) is 146 cm³/mol. The van der Waals surface area contributed by atoms with Gasteiger partial charge in [-0.05, 0) is 87.8 Å². The third kappa shape index (κ3) is 3.33. The Bertz CT molecular complexity index is 1330. The van der Waals surface area contributed by atoms with Crippen LogP contribution in [0.5, 0.6) is 0 Å². The summed E-state index contributed by atoms with van der Waals surface area (Å²) in [7, 11) is 0. The van der Waals surface area contributed by atoms with Gasteiger partial charge in [0.25, 0.3) is 0 Å². The van der Waals surface area contributed by atoms with Crippen molar-refractivity contribution in [3.05, 3.63) is 46.3 Å². The van der Waals surface area contributed by atoms with Crippen LogP contribution in [0, 0.1) is 48.3 Å². The lowest BCUT2D eigenvalue weighted by atomic mass is 9.59. The number of allylic oxidation sites excluding steroid dienone is 1. The van der Waals surface area contributed by atoms with E-state index in [1.165, 1.54) is 0 Å². The Morgan fingerprint density at radius 3 is 2.54 bits per heavy atom. The van der Waals surface area contributed by atoms with Crippen molar-refractivity contribution >= 4 is 11.8 Å². The average molecular weight is 538 g/mol. The monoisotopic (exact) mass is 537 g/mol. The average Bonchev–Trinajstić information content (AvgIpc) is 3.18. The molecule has 7 heteroatoms. The van der Waals surface area contributed by atoms with Gasteiger partial charge in [0.1, 0.15) is 6.10 Å². The summed E-state index contributed by atoms with van der Waals surface area (Å²) in [5.41, 5.74) is 0.617. The van der Waals surface area contributed by atoms with E-state index in [0.717, 1.165) is 29.8 Å². The molecule has 0 radical (unpaired) electrons. The molecular weight excluding hydrogens is 494 g/mol. The summed E-state index contributed by atoms with van der Waals surface area (Å²) in [6.45, 7) is 18.9. The van der Waals surface area contributed by atoms with Crippen molar-refractivity contribution in [3.63, 3.8) is 0 Å². The van der Waals surface area contributed by atoms with E-state index in [9.17, 15) is 14.7 Å². The SMILES string of the molecule is CCn1cc(C)c(C(=O)O[C@H]2C(C)=C[C@]34C(=O)[C@@H](C=C5COC(C)(C)O[C@H]5[C@]23O)[C@H]2[C@@H](C[C@H]4C)C2(C)C)c1C. The normalized spacial score (nSPS) is 41.3. The highest BCUT2D eigenvalue weighted by Crippen LogP contribution is 2.72. The van der Waals surface area contributed by atoms with Gasteiger partial charge in [0.05, 0.1) is 17.6 Å². The Hall–Kier alpha value is -2.22. The van der Waals surface area contributed by atoms with Gasteiger partial charge in [-0.1, -0.05) is 32.9 Å². The highest BCUT2D eigenvalue weighted by molar-refractivity contribution is 5.96. The molecule has 7 nitrogen and oxygen atoms in total. The predicted octanol–water partition coefficient (Wildman–Crippen LogP) is 4.92. The molecule has 8 atom stereocenters. The molecular formula is C32H43NO6. The first-order valence-electron chi connectivity index (χ1n) is 14.5. The number of hydrogen-bond acceptors (Lipinski definition) is 6. The minimum absolute atomic E-state index is 0.0151. The van der Waals surface area contributed by atoms with Crippen LogP contribution in [-0.2, 0) is 25.5 Å². The number of aryl methyl sites for hydroxylation is 2. The van der Waals surface area contributed by atoms with Crippen molar-refractivity contribution < 1.29 is 28.9 Å². The molecule has 0 unspecified atom stereocenters. The molecule has 2 heterocycles. The maximum atomic E-state index is 14.8. The Balaban J connectivity index is 1.51. The van der Waals surface area contributed by atoms with Gasteiger partial charge in [-0.3, -0.25) is 4.79 Å². The van der Waals surface area contributed by atoms with Crippen LogP contribution in [0.15, 0.2) is 29.5 Å². The first-order valence-corrected chi connectivity index (χ1v) is 14.5. The zero-order chi connectivity index (χ0) is 28.4. The number of fused-ring (bicyclic) bond motifs is 5. The maximum Gasteiger partial charge on any atom is 0.340 e. The van der Waals surface area contributed by atoms with Crippen LogP contribution in [0.4, 0.5) is 0 Å². The molecule has 6 rings (SSSR count). The molecule has 5 aliphatic rings. The second-order valence-corrected chi connectivity index (χ2v) is 13.8. The minimum atomic E-state index is -1.80. The van der Waals surface area contributed by atoms with E-state index in [1.807, 2.05) is 64.5 Å². The van der Waals surface area contributed by atoms with Crippen molar-refractivity contribution in [2.24, 2.45) is 34.5 Å². The molecule has 1 spiro atoms. The van der Waals surface area contributed by atoms with Crippen molar-refractivity contribution in [3.8, 4) is 0 Å². The van der Waals surface area contributed by atoms with Crippen molar-refractivity contribution in [1.82, 2.24) is 4.57 Å². The maximum absolute atomic E-state index is 14.8. The zero-order valence-corrected chi connectivity index (χ0v) is 24.8. The van der Waals surface area contributed by atoms with Gasteiger partial charge in [-0.15, -0.1) is 0 Å². The Morgan fingerprint density at radius 1 is 1.21 bits per heavy atom. The molecule has 0 aromatic carbocycles. The fourth-order valence-electron chi connectivity index (χ4n) is 8.93. The Morgan fingerprint density at radius 2 is 1.90 bits per heavy atom. The number of esters is 1. The largest absolute Gasteiger partial charge is 0.451 e. The lowest BCUT2D eigenvalue weighted by molar-refractivity contribution is -0.302. The summed E-state index contributed by atoms with van der Waals surface area (Å²) in [4.78, 5) is 28.6. The summed E-state index contributed by atoms with van der Waals surface area (Å²) in [6, 6.07) is 0. The number of rotatable bonds is 3. The molecule has 1 aliphatic heterocycles. The molecule has 1 aromatic rings. The number of carbonyl (C=O) groups is 2. The number of aliphatic hydroxyl groups is 1. The van der Waals surface area contributed by atoms with Gasteiger partial charge in [0, 0.05) is 24.4 Å². The van der Waals surface area contributed by atoms with Gasteiger partial charge in [0.2, 0.25) is 0 Å². The second kappa shape index (κ2) is 8.17. The molecule has 1 aromatic heterocycles. The molecule has 4 aliphatic carbocycles. The number of ether oxygens (including phenoxy) is 3. The smallest absolute Gasteiger partial charge is 0.340 e. The van der Waals surface area contributed by atoms with Crippen molar-refractivity contribution in [1.29, 1.82) is 0 Å². The number of nitrogens with zero attached hydrogens (tertiary/aromatic N) is 1. The first kappa shape index (κ1) is 27.0. The third-order valence-electron chi connectivity index (χ3n) is 11.0. The molecule has 3 fully saturated rings. The van der Waals surface area contributed by atoms with Gasteiger partial charge >= 0.3 is 5.97 Å². The van der Waals surface area contributed by atoms with Crippen LogP contribution in [-0.4, -0.2) is 51.6 Å². The van der Waals surface area contributed by atoms with Gasteiger partial charge in [-0.2, -0.15) is 0 Å². The number of carbonyl (C=O) groups excluding carboxylic acids is 2. The molecule has 1 N–H and O–H groups in total. The molecule has 2 saturated carbocycles. The summed E-state index contributed by atoms with van der Waals surface area (Å²) in [5.74, 6) is -1.38. The third-order valence-corrected chi connectivity index (χ3v) is 11.0. The molecule has 212 valence electrons. The number of ketones is 1. The van der Waals surface area contributed by atoms with E-state index in [4.69, 9.17) is 14.2 Å². The summed E-state index contributed by atoms with van der Waals surface area (Å²) < 4.78 is 20.9. The highest BCUT2D eigenvalue weighted by Gasteiger charge is 2.77. The Labute approximate surface area is 231 Å². The lowest BCUT2D eigenvalue weighted by Crippen LogP contribution is -2.68. The van der Waals surface area contributed by atoms with E-state index in [1.54, 1.807) is 0 Å². The van der Waals surface area contributed by atoms with Crippen LogP contribution in [0.3, 0.4) is 0 Å². The van der Waals surface area contributed by atoms with E-state index in [2.05, 4.69) is 20.8 Å². The molecule has 2 bridgehead atoms. The fraction of sp³-hybridized carbons (Fsp3) is 0.688. The molecule has 39 heavy (non-hydrogen) atoms. The van der Waals surface area contributed by atoms with Crippen LogP contribution in [0.1, 0.15) is 76.5 Å². The molecule has 0 amide bonds. The van der Waals surface area contributed by atoms with E-state index < -0.39 is 35.0 Å². The Kier molecular flexibility index (Phi) is 5.65. The van der Waals surface area contributed by atoms with E-state index in [0.29, 0.717) is 17.1 Å². The summed E-state index contributed by atoms with van der Waals surface area (Å²) in [6.07, 6.45) is 4.84. The van der Waals surface area contributed by atoms with Crippen LogP contribution >= 0.6 is 0 Å². The topological polar surface area (TPSA) is 87.0 Å². The van der Waals surface area contributed by atoms with Gasteiger partial charge < -0.3 is 23.9 Å². The first-order chi connectivity index (χ1) is 18.1. The standard InChI is InChI=1S/C32H43NO6/c1-10-33-14-17(3)23(19(33)5)28(35)38-26-16(2)13-31-18(4)11-22-24(29(22,6)7)21(25(31)34)12-20-15-37-30(8,9)39-27(20)32(26,31)36/h12-14,18,21-22,24,26-27,36H,10-11,15H2,1-9H3/t18-,21+,22-,24+,26+,27-,31+,32-/m1/s1. The van der Waals surface area contributed by atoms with Crippen LogP contribution < -0.4 is 0 Å². The number of Topliss-reactive ketones (excluding diaryl/α,β-unsaturated/α-hetero) is 1. The van der Waals surface area contributed by atoms with Crippen LogP contribution in [0.25, 0.3) is 0 Å². The van der Waals surface area contributed by atoms with Gasteiger partial charge in [0.15, 0.2) is 23.3 Å². The summed E-state index contributed by atoms with van der Waals surface area (Å²) in [5, 5.41) is 13.2. The van der Waals surface area contributed by atoms with Gasteiger partial charge in [-0.25, -0.2) is 4.79 Å². The van der Waals surface area contributed by atoms with E-state index >= 15 is 0 Å². The van der Waals surface area contributed by atoms with Crippen molar-refractivity contribution in [2.45, 2.75) is 98.9 Å². The van der Waals surface area contributed by atoms with E-state index in [-0.39, 0.29) is 35.6 Å². The number of hydrogen-bond donors (Lipinski definition) is 1.